The molecule has 7 nitrogen and oxygen atoms in total. The van der Waals surface area contributed by atoms with E-state index in [2.05, 4.69) is 5.32 Å². The van der Waals surface area contributed by atoms with E-state index in [1.165, 1.54) is 18.2 Å². The van der Waals surface area contributed by atoms with Gasteiger partial charge in [-0.2, -0.15) is 26.3 Å². The van der Waals surface area contributed by atoms with Crippen molar-refractivity contribution in [2.45, 2.75) is 51.3 Å². The van der Waals surface area contributed by atoms with Crippen LogP contribution in [0.3, 0.4) is 0 Å². The zero-order valence-corrected chi connectivity index (χ0v) is 29.8. The minimum absolute atomic E-state index is 0.126. The second kappa shape index (κ2) is 16.2. The number of carbonyl (C=O) groups excluding carboxylic acids is 2. The highest BCUT2D eigenvalue weighted by Crippen LogP contribution is 2.37. The van der Waals surface area contributed by atoms with Gasteiger partial charge in [-0.3, -0.25) is 14.5 Å². The molecule has 3 atom stereocenters. The molecule has 1 heterocycles. The van der Waals surface area contributed by atoms with Gasteiger partial charge in [-0.05, 0) is 73.1 Å². The predicted molar refractivity (Wildman–Crippen MR) is 190 cm³/mol. The summed E-state index contributed by atoms with van der Waals surface area (Å²) in [7, 11) is 1.87. The summed E-state index contributed by atoms with van der Waals surface area (Å²) in [5, 5.41) is 13.0. The van der Waals surface area contributed by atoms with Gasteiger partial charge in [0.15, 0.2) is 5.75 Å². The zero-order chi connectivity index (χ0) is 38.7. The van der Waals surface area contributed by atoms with E-state index in [9.17, 15) is 41.0 Å². The Balaban J connectivity index is 1.36. The highest BCUT2D eigenvalue weighted by atomic mass is 35.5. The van der Waals surface area contributed by atoms with E-state index in [4.69, 9.17) is 16.3 Å². The lowest BCUT2D eigenvalue weighted by Gasteiger charge is -2.38. The summed E-state index contributed by atoms with van der Waals surface area (Å²) in [5.41, 5.74) is 0.740. The molecule has 2 amide bonds. The number of aliphatic hydroxyl groups is 1. The predicted octanol–water partition coefficient (Wildman–Crippen LogP) is 8.58. The number of hydrogen-bond acceptors (Lipinski definition) is 5. The van der Waals surface area contributed by atoms with E-state index in [1.54, 1.807) is 54.3 Å². The SMILES string of the molecule is CC(CO)N1C[C@@H](C)[C@@H](CN(C)Cc2ccc(-c3cc(C(F)(F)F)ccc3Cl)cc2)Oc2c(NC(=O)Cc3ccc(C(F)(F)F)cc3)cccc2C1=O. The molecule has 0 saturated carbocycles. The number of amides is 2. The van der Waals surface area contributed by atoms with Crippen LogP contribution in [-0.4, -0.2) is 65.6 Å². The van der Waals surface area contributed by atoms with Crippen molar-refractivity contribution in [3.05, 3.63) is 118 Å². The maximum atomic E-state index is 13.8. The number of rotatable bonds is 10. The molecule has 0 saturated heterocycles. The smallest absolute Gasteiger partial charge is 0.416 e. The number of para-hydroxylation sites is 1. The van der Waals surface area contributed by atoms with Crippen molar-refractivity contribution in [3.8, 4) is 16.9 Å². The summed E-state index contributed by atoms with van der Waals surface area (Å²) in [5.74, 6) is -1.07. The number of carbonyl (C=O) groups is 2. The lowest BCUT2D eigenvalue weighted by molar-refractivity contribution is -0.138. The van der Waals surface area contributed by atoms with Gasteiger partial charge in [-0.15, -0.1) is 0 Å². The summed E-state index contributed by atoms with van der Waals surface area (Å²) in [4.78, 5) is 30.5. The van der Waals surface area contributed by atoms with Gasteiger partial charge in [0.05, 0.1) is 41.4 Å². The summed E-state index contributed by atoms with van der Waals surface area (Å²) < 4.78 is 85.6. The number of benzene rings is 4. The van der Waals surface area contributed by atoms with Gasteiger partial charge in [0, 0.05) is 36.1 Å². The fraction of sp³-hybridized carbons (Fsp3) is 0.333. The Hall–Kier alpha value is -4.59. The molecule has 0 aromatic heterocycles. The Morgan fingerprint density at radius 1 is 0.943 bits per heavy atom. The number of likely N-dealkylation sites (N-methyl/N-ethyl adjacent to an activating group) is 1. The van der Waals surface area contributed by atoms with Gasteiger partial charge in [0.25, 0.3) is 5.91 Å². The highest BCUT2D eigenvalue weighted by Gasteiger charge is 2.35. The molecule has 4 aromatic carbocycles. The molecule has 2 N–H and O–H groups in total. The molecule has 0 radical (unpaired) electrons. The lowest BCUT2D eigenvalue weighted by atomic mass is 9.98. The number of anilines is 1. The lowest BCUT2D eigenvalue weighted by Crippen LogP contribution is -2.49. The Kier molecular flexibility index (Phi) is 12.1. The highest BCUT2D eigenvalue weighted by molar-refractivity contribution is 6.33. The van der Waals surface area contributed by atoms with E-state index in [0.29, 0.717) is 24.2 Å². The van der Waals surface area contributed by atoms with Crippen LogP contribution >= 0.6 is 11.6 Å². The molecule has 0 fully saturated rings. The Morgan fingerprint density at radius 3 is 2.19 bits per heavy atom. The molecule has 1 unspecified atom stereocenters. The molecule has 0 bridgehead atoms. The summed E-state index contributed by atoms with van der Waals surface area (Å²) >= 11 is 6.24. The standard InChI is InChI=1S/C39H38ClF6N3O4/c1-23-19-49(24(2)22-50)37(52)30-5-4-6-33(47-35(51)17-25-9-13-28(14-10-25)38(41,42)43)36(30)53-34(23)21-48(3)20-26-7-11-27(12-8-26)31-18-29(39(44,45)46)15-16-32(31)40/h4-16,18,23-24,34,50H,17,19-22H2,1-3H3,(H,47,51)/t23-,24?,34-/m1/s1. The topological polar surface area (TPSA) is 82.1 Å². The Labute approximate surface area is 308 Å². The quantitative estimate of drug-likeness (QED) is 0.158. The maximum absolute atomic E-state index is 13.8. The Bertz CT molecular complexity index is 1920. The molecular formula is C39H38ClF6N3O4. The summed E-state index contributed by atoms with van der Waals surface area (Å²) in [6.45, 7) is 4.38. The number of nitrogens with one attached hydrogen (secondary N) is 1. The minimum atomic E-state index is -4.51. The summed E-state index contributed by atoms with van der Waals surface area (Å²) in [6.07, 6.45) is -9.79. The minimum Gasteiger partial charge on any atom is -0.486 e. The van der Waals surface area contributed by atoms with Crippen molar-refractivity contribution in [3.63, 3.8) is 0 Å². The van der Waals surface area contributed by atoms with Crippen LogP contribution in [-0.2, 0) is 30.1 Å². The van der Waals surface area contributed by atoms with Crippen LogP contribution < -0.4 is 10.1 Å². The van der Waals surface area contributed by atoms with Gasteiger partial charge in [-0.25, -0.2) is 0 Å². The molecule has 5 rings (SSSR count). The van der Waals surface area contributed by atoms with Crippen LogP contribution in [0.4, 0.5) is 32.0 Å². The zero-order valence-electron chi connectivity index (χ0n) is 29.1. The van der Waals surface area contributed by atoms with E-state index < -0.39 is 47.4 Å². The number of hydrogen-bond donors (Lipinski definition) is 2. The number of nitrogens with zero attached hydrogens (tertiary/aromatic N) is 2. The van der Waals surface area contributed by atoms with Gasteiger partial charge in [0.2, 0.25) is 5.91 Å². The fourth-order valence-corrected chi connectivity index (χ4v) is 6.37. The molecule has 1 aliphatic rings. The third-order valence-corrected chi connectivity index (χ3v) is 9.44. The Morgan fingerprint density at radius 2 is 1.57 bits per heavy atom. The van der Waals surface area contributed by atoms with E-state index in [1.807, 2.05) is 18.9 Å². The molecule has 4 aromatic rings. The van der Waals surface area contributed by atoms with E-state index in [0.717, 1.165) is 29.8 Å². The fourth-order valence-electron chi connectivity index (χ4n) is 6.15. The van der Waals surface area contributed by atoms with Crippen LogP contribution in [0.15, 0.2) is 84.9 Å². The second-order valence-corrected chi connectivity index (χ2v) is 13.7. The first-order valence-corrected chi connectivity index (χ1v) is 17.1. The average molecular weight is 762 g/mol. The van der Waals surface area contributed by atoms with Crippen LogP contribution in [0.1, 0.15) is 46.5 Å². The molecule has 0 aliphatic carbocycles. The largest absolute Gasteiger partial charge is 0.486 e. The molecule has 14 heteroatoms. The van der Waals surface area contributed by atoms with Crippen LogP contribution in [0, 0.1) is 5.92 Å². The first kappa shape index (κ1) is 39.6. The third kappa shape index (κ3) is 9.70. The van der Waals surface area contributed by atoms with Crippen molar-refractivity contribution in [1.29, 1.82) is 0 Å². The van der Waals surface area contributed by atoms with Gasteiger partial charge in [-0.1, -0.05) is 61.0 Å². The van der Waals surface area contributed by atoms with E-state index >= 15 is 0 Å². The van der Waals surface area contributed by atoms with Crippen molar-refractivity contribution in [2.75, 3.05) is 32.1 Å². The molecule has 1 aliphatic heterocycles. The molecular weight excluding hydrogens is 724 g/mol. The van der Waals surface area contributed by atoms with Crippen molar-refractivity contribution in [2.24, 2.45) is 5.92 Å². The van der Waals surface area contributed by atoms with Crippen molar-refractivity contribution in [1.82, 2.24) is 9.80 Å². The maximum Gasteiger partial charge on any atom is 0.416 e. The number of alkyl halides is 6. The van der Waals surface area contributed by atoms with Gasteiger partial charge in [0.1, 0.15) is 6.10 Å². The number of halogens is 7. The monoisotopic (exact) mass is 761 g/mol. The molecule has 282 valence electrons. The second-order valence-electron chi connectivity index (χ2n) is 13.3. The van der Waals surface area contributed by atoms with Gasteiger partial charge < -0.3 is 20.1 Å². The summed E-state index contributed by atoms with van der Waals surface area (Å²) in [6, 6.07) is 18.6. The van der Waals surface area contributed by atoms with E-state index in [-0.39, 0.29) is 53.1 Å². The number of fused-ring (bicyclic) bond motifs is 1. The van der Waals surface area contributed by atoms with Crippen molar-refractivity contribution >= 4 is 29.1 Å². The molecule has 53 heavy (non-hydrogen) atoms. The van der Waals surface area contributed by atoms with Crippen LogP contribution in [0.5, 0.6) is 5.75 Å². The van der Waals surface area contributed by atoms with Crippen molar-refractivity contribution < 1.29 is 45.8 Å². The third-order valence-electron chi connectivity index (χ3n) is 9.11. The number of ether oxygens (including phenoxy) is 1. The van der Waals surface area contributed by atoms with Gasteiger partial charge >= 0.3 is 12.4 Å². The van der Waals surface area contributed by atoms with Crippen LogP contribution in [0.2, 0.25) is 5.02 Å². The average Bonchev–Trinajstić information content (AvgIpc) is 3.09. The molecule has 0 spiro atoms. The normalized spacial score (nSPS) is 17.1. The first-order chi connectivity index (χ1) is 24.9. The first-order valence-electron chi connectivity index (χ1n) is 16.8. The van der Waals surface area contributed by atoms with Crippen LogP contribution in [0.25, 0.3) is 11.1 Å². The number of aliphatic hydroxyl groups excluding tert-OH is 1.